The molecule has 1 aliphatic rings. The summed E-state index contributed by atoms with van der Waals surface area (Å²) in [5.41, 5.74) is 5.93. The third-order valence-electron chi connectivity index (χ3n) is 5.31. The molecule has 4 heteroatoms. The lowest BCUT2D eigenvalue weighted by Crippen LogP contribution is -2.31. The molecule has 0 atom stereocenters. The van der Waals surface area contributed by atoms with Crippen LogP contribution in [0.4, 0.5) is 10.2 Å². The van der Waals surface area contributed by atoms with E-state index < -0.39 is 5.95 Å². The van der Waals surface area contributed by atoms with E-state index in [9.17, 15) is 4.39 Å². The van der Waals surface area contributed by atoms with E-state index in [1.807, 2.05) is 13.0 Å². The van der Waals surface area contributed by atoms with Gasteiger partial charge in [0.25, 0.3) is 0 Å². The minimum Gasteiger partial charge on any atom is -0.350 e. The summed E-state index contributed by atoms with van der Waals surface area (Å²) in [4.78, 5) is 6.50. The number of fused-ring (bicyclic) bond motifs is 2. The van der Waals surface area contributed by atoms with Gasteiger partial charge < -0.3 is 9.47 Å². The van der Waals surface area contributed by atoms with Gasteiger partial charge in [0.2, 0.25) is 5.95 Å². The second-order valence-corrected chi connectivity index (χ2v) is 6.71. The van der Waals surface area contributed by atoms with Crippen molar-refractivity contribution in [2.24, 2.45) is 0 Å². The molecule has 0 amide bonds. The van der Waals surface area contributed by atoms with E-state index >= 15 is 0 Å². The van der Waals surface area contributed by atoms with E-state index in [0.29, 0.717) is 6.54 Å². The van der Waals surface area contributed by atoms with Crippen molar-refractivity contribution in [3.8, 4) is 0 Å². The number of rotatable bonds is 3. The van der Waals surface area contributed by atoms with Crippen LogP contribution in [-0.4, -0.2) is 16.1 Å². The number of anilines is 1. The minimum atomic E-state index is -0.416. The first-order chi connectivity index (χ1) is 12.1. The average Bonchev–Trinajstić information content (AvgIpc) is 2.86. The van der Waals surface area contributed by atoms with Crippen molar-refractivity contribution in [3.63, 3.8) is 0 Å². The van der Waals surface area contributed by atoms with Crippen LogP contribution in [0.2, 0.25) is 0 Å². The van der Waals surface area contributed by atoms with Crippen LogP contribution >= 0.6 is 0 Å². The monoisotopic (exact) mass is 335 g/mol. The van der Waals surface area contributed by atoms with Gasteiger partial charge in [-0.25, -0.2) is 4.98 Å². The zero-order valence-corrected chi connectivity index (χ0v) is 14.7. The third kappa shape index (κ3) is 2.53. The van der Waals surface area contributed by atoms with Crippen LogP contribution in [0, 0.1) is 19.8 Å². The number of allylic oxidation sites excluding steroid dienone is 1. The summed E-state index contributed by atoms with van der Waals surface area (Å²) in [7, 11) is 0. The van der Waals surface area contributed by atoms with E-state index in [4.69, 9.17) is 0 Å². The van der Waals surface area contributed by atoms with Crippen LogP contribution < -0.4 is 4.90 Å². The van der Waals surface area contributed by atoms with Crippen molar-refractivity contribution in [2.45, 2.75) is 33.4 Å². The number of aromatic nitrogens is 2. The van der Waals surface area contributed by atoms with E-state index in [0.717, 1.165) is 47.5 Å². The smallest absolute Gasteiger partial charge is 0.215 e. The predicted molar refractivity (Wildman–Crippen MR) is 101 cm³/mol. The maximum atomic E-state index is 14.3. The fraction of sp³-hybridized carbons (Fsp3) is 0.286. The van der Waals surface area contributed by atoms with E-state index in [-0.39, 0.29) is 0 Å². The molecular weight excluding hydrogens is 313 g/mol. The number of hydrogen-bond acceptors (Lipinski definition) is 2. The highest BCUT2D eigenvalue weighted by Crippen LogP contribution is 2.34. The van der Waals surface area contributed by atoms with Gasteiger partial charge in [0, 0.05) is 36.8 Å². The van der Waals surface area contributed by atoms with Crippen LogP contribution in [0.25, 0.3) is 10.9 Å². The molecular formula is C21H22FN3. The van der Waals surface area contributed by atoms with Crippen LogP contribution in [0.1, 0.15) is 22.4 Å². The highest BCUT2D eigenvalue weighted by atomic mass is 19.1. The molecule has 1 aromatic carbocycles. The number of benzene rings is 1. The van der Waals surface area contributed by atoms with Crippen molar-refractivity contribution in [2.75, 3.05) is 11.4 Å². The van der Waals surface area contributed by atoms with Crippen LogP contribution in [0.3, 0.4) is 0 Å². The first-order valence-electron chi connectivity index (χ1n) is 8.68. The molecule has 0 unspecified atom stereocenters. The summed E-state index contributed by atoms with van der Waals surface area (Å²) >= 11 is 0. The van der Waals surface area contributed by atoms with Gasteiger partial charge >= 0.3 is 0 Å². The Hall–Kier alpha value is -2.62. The Kier molecular flexibility index (Phi) is 3.83. The molecule has 2 aromatic heterocycles. The number of pyridine rings is 1. The lowest BCUT2D eigenvalue weighted by molar-refractivity contribution is 0.580. The maximum absolute atomic E-state index is 14.3. The fourth-order valence-electron chi connectivity index (χ4n) is 3.87. The highest BCUT2D eigenvalue weighted by Gasteiger charge is 2.23. The molecule has 128 valence electrons. The lowest BCUT2D eigenvalue weighted by Gasteiger charge is -2.30. The Morgan fingerprint density at radius 3 is 2.76 bits per heavy atom. The number of nitrogens with zero attached hydrogens (tertiary/aromatic N) is 3. The summed E-state index contributed by atoms with van der Waals surface area (Å²) < 4.78 is 16.5. The molecule has 3 heterocycles. The molecule has 0 spiro atoms. The molecule has 1 aliphatic heterocycles. The Balaban J connectivity index is 1.90. The normalized spacial score (nSPS) is 14.0. The van der Waals surface area contributed by atoms with Crippen LogP contribution in [0.15, 0.2) is 43.0 Å². The average molecular weight is 335 g/mol. The first-order valence-corrected chi connectivity index (χ1v) is 8.68. The molecule has 0 fully saturated rings. The maximum Gasteiger partial charge on any atom is 0.215 e. The van der Waals surface area contributed by atoms with Gasteiger partial charge in [0.1, 0.15) is 0 Å². The second-order valence-electron chi connectivity index (χ2n) is 6.71. The molecule has 0 bridgehead atoms. The zero-order chi connectivity index (χ0) is 17.6. The van der Waals surface area contributed by atoms with E-state index in [1.165, 1.54) is 11.1 Å². The van der Waals surface area contributed by atoms with Crippen molar-refractivity contribution in [3.05, 3.63) is 71.3 Å². The summed E-state index contributed by atoms with van der Waals surface area (Å²) in [6.07, 6.45) is 2.83. The quantitative estimate of drug-likeness (QED) is 0.517. The number of aryl methyl sites for hydroxylation is 1. The largest absolute Gasteiger partial charge is 0.350 e. The van der Waals surface area contributed by atoms with Gasteiger partial charge in [-0.1, -0.05) is 30.3 Å². The van der Waals surface area contributed by atoms with Crippen molar-refractivity contribution < 1.29 is 4.39 Å². The van der Waals surface area contributed by atoms with Crippen molar-refractivity contribution >= 4 is 16.7 Å². The predicted octanol–water partition coefficient (Wildman–Crippen LogP) is 4.54. The molecule has 4 rings (SSSR count). The van der Waals surface area contributed by atoms with Crippen LogP contribution in [0.5, 0.6) is 0 Å². The molecule has 0 radical (unpaired) electrons. The molecule has 0 saturated carbocycles. The molecule has 0 saturated heterocycles. The van der Waals surface area contributed by atoms with Gasteiger partial charge in [0.05, 0.1) is 5.52 Å². The van der Waals surface area contributed by atoms with Crippen LogP contribution in [-0.2, 0) is 19.5 Å². The number of hydrogen-bond donors (Lipinski definition) is 0. The SMILES string of the molecule is C=CCn1c(C)c(C)c2cc(F)nc(N3CCc4ccccc4C3)c21. The molecule has 3 aromatic rings. The third-order valence-corrected chi connectivity index (χ3v) is 5.31. The van der Waals surface area contributed by atoms with E-state index in [2.05, 4.69) is 52.2 Å². The Morgan fingerprint density at radius 2 is 2.00 bits per heavy atom. The zero-order valence-electron chi connectivity index (χ0n) is 14.7. The molecule has 3 nitrogen and oxygen atoms in total. The Morgan fingerprint density at radius 1 is 1.24 bits per heavy atom. The number of halogens is 1. The summed E-state index contributed by atoms with van der Waals surface area (Å²) in [5, 5.41) is 0.945. The Labute approximate surface area is 147 Å². The first kappa shape index (κ1) is 15.9. The van der Waals surface area contributed by atoms with E-state index in [1.54, 1.807) is 6.07 Å². The van der Waals surface area contributed by atoms with Gasteiger partial charge in [-0.3, -0.25) is 0 Å². The lowest BCUT2D eigenvalue weighted by atomic mass is 10.00. The summed E-state index contributed by atoms with van der Waals surface area (Å²) in [6.45, 7) is 10.3. The fourth-order valence-corrected chi connectivity index (χ4v) is 3.87. The topological polar surface area (TPSA) is 21.1 Å². The van der Waals surface area contributed by atoms with Gasteiger partial charge in [-0.05, 0) is 37.0 Å². The van der Waals surface area contributed by atoms with Crippen molar-refractivity contribution in [1.82, 2.24) is 9.55 Å². The molecule has 0 aliphatic carbocycles. The minimum absolute atomic E-state index is 0.416. The van der Waals surface area contributed by atoms with Crippen molar-refractivity contribution in [1.29, 1.82) is 0 Å². The molecule has 0 N–H and O–H groups in total. The highest BCUT2D eigenvalue weighted by molar-refractivity contribution is 5.93. The molecule has 25 heavy (non-hydrogen) atoms. The van der Waals surface area contributed by atoms with Gasteiger partial charge in [-0.2, -0.15) is 4.39 Å². The van der Waals surface area contributed by atoms with Gasteiger partial charge in [0.15, 0.2) is 5.82 Å². The summed E-state index contributed by atoms with van der Waals surface area (Å²) in [6, 6.07) is 10.0. The van der Waals surface area contributed by atoms with Gasteiger partial charge in [-0.15, -0.1) is 6.58 Å². The summed E-state index contributed by atoms with van der Waals surface area (Å²) in [5.74, 6) is 0.322. The second kappa shape index (κ2) is 6.03. The standard InChI is InChI=1S/C21H22FN3/c1-4-10-25-15(3)14(2)18-12-19(22)23-21(20(18)25)24-11-9-16-7-5-6-8-17(16)13-24/h4-8,12H,1,9-11,13H2,2-3H3. The Bertz CT molecular complexity index is 971.